The molecule has 2 rings (SSSR count). The summed E-state index contributed by atoms with van der Waals surface area (Å²) < 4.78 is 17.3. The van der Waals surface area contributed by atoms with Crippen LogP contribution in [0.5, 0.6) is 0 Å². The van der Waals surface area contributed by atoms with Gasteiger partial charge >= 0.3 is 0 Å². The van der Waals surface area contributed by atoms with Gasteiger partial charge in [0.15, 0.2) is 0 Å². The predicted molar refractivity (Wildman–Crippen MR) is 85.5 cm³/mol. The first-order valence-corrected chi connectivity index (χ1v) is 8.17. The molecule has 1 atom stereocenters. The summed E-state index contributed by atoms with van der Waals surface area (Å²) in [6, 6.07) is 4.99. The molecule has 0 aliphatic rings. The molecule has 0 fully saturated rings. The quantitative estimate of drug-likeness (QED) is 0.857. The lowest BCUT2D eigenvalue weighted by atomic mass is 10.00. The molecule has 0 spiro atoms. The second kappa shape index (κ2) is 7.29. The number of hydrogen-bond acceptors (Lipinski definition) is 4. The summed E-state index contributed by atoms with van der Waals surface area (Å²) in [5, 5.41) is 7.85. The molecule has 3 nitrogen and oxygen atoms in total. The van der Waals surface area contributed by atoms with Crippen molar-refractivity contribution in [1.82, 2.24) is 14.9 Å². The Balaban J connectivity index is 2.26. The minimum atomic E-state index is -0.386. The van der Waals surface area contributed by atoms with E-state index in [9.17, 15) is 4.39 Å². The first kappa shape index (κ1) is 16.3. The predicted octanol–water partition coefficient (Wildman–Crippen LogP) is 4.35. The molecule has 2 aromatic rings. The molecule has 1 unspecified atom stereocenters. The monoisotopic (exact) mass is 327 g/mol. The van der Waals surface area contributed by atoms with E-state index < -0.39 is 0 Å². The Morgan fingerprint density at radius 2 is 2.14 bits per heavy atom. The van der Waals surface area contributed by atoms with E-state index in [1.54, 1.807) is 12.1 Å². The number of nitrogens with one attached hydrogen (secondary N) is 1. The van der Waals surface area contributed by atoms with Gasteiger partial charge in [-0.25, -0.2) is 4.39 Å². The van der Waals surface area contributed by atoms with Gasteiger partial charge in [0.05, 0.1) is 15.6 Å². The van der Waals surface area contributed by atoms with Gasteiger partial charge in [0.2, 0.25) is 0 Å². The Morgan fingerprint density at radius 1 is 1.38 bits per heavy atom. The molecule has 0 saturated heterocycles. The minimum absolute atomic E-state index is 0.119. The fourth-order valence-electron chi connectivity index (χ4n) is 2.25. The van der Waals surface area contributed by atoms with E-state index in [1.807, 2.05) is 0 Å². The van der Waals surface area contributed by atoms with Crippen LogP contribution in [0.1, 0.15) is 48.9 Å². The smallest absolute Gasteiger partial charge is 0.141 e. The minimum Gasteiger partial charge on any atom is -0.309 e. The van der Waals surface area contributed by atoms with E-state index in [1.165, 1.54) is 17.6 Å². The number of hydrogen-bond donors (Lipinski definition) is 1. The van der Waals surface area contributed by atoms with Crippen LogP contribution in [0, 0.1) is 5.82 Å². The Morgan fingerprint density at radius 3 is 2.76 bits per heavy atom. The fraction of sp³-hybridized carbons (Fsp3) is 0.467. The molecule has 0 aliphatic carbocycles. The van der Waals surface area contributed by atoms with Gasteiger partial charge in [-0.3, -0.25) is 0 Å². The van der Waals surface area contributed by atoms with E-state index in [-0.39, 0.29) is 16.9 Å². The molecule has 1 aromatic carbocycles. The second-order valence-corrected chi connectivity index (χ2v) is 6.43. The molecule has 0 radical (unpaired) electrons. The Kier molecular flexibility index (Phi) is 5.67. The molecule has 114 valence electrons. The van der Waals surface area contributed by atoms with Gasteiger partial charge in [0.1, 0.15) is 5.82 Å². The molecule has 0 saturated carbocycles. The fourth-order valence-corrected chi connectivity index (χ4v) is 3.34. The molecule has 1 N–H and O–H groups in total. The van der Waals surface area contributed by atoms with Gasteiger partial charge in [-0.15, -0.1) is 5.10 Å². The zero-order chi connectivity index (χ0) is 15.4. The standard InChI is InChI=1S/C15H19ClFN3S/c1-4-18-13(15-14(9(2)3)19-20-21-15)8-10-5-6-12(17)11(16)7-10/h5-7,9,13,18H,4,8H2,1-3H3. The van der Waals surface area contributed by atoms with E-state index in [2.05, 4.69) is 35.7 Å². The lowest BCUT2D eigenvalue weighted by Gasteiger charge is -2.18. The van der Waals surface area contributed by atoms with Crippen molar-refractivity contribution in [3.8, 4) is 0 Å². The number of halogens is 2. The lowest BCUT2D eigenvalue weighted by Crippen LogP contribution is -2.23. The molecule has 1 aromatic heterocycles. The zero-order valence-electron chi connectivity index (χ0n) is 12.4. The Bertz CT molecular complexity index is 600. The molecular formula is C15H19ClFN3S. The van der Waals surface area contributed by atoms with Gasteiger partial charge in [-0.1, -0.05) is 42.9 Å². The van der Waals surface area contributed by atoms with Crippen molar-refractivity contribution in [1.29, 1.82) is 0 Å². The average molecular weight is 328 g/mol. The maximum Gasteiger partial charge on any atom is 0.141 e. The molecule has 0 aliphatic heterocycles. The van der Waals surface area contributed by atoms with Crippen LogP contribution in [-0.4, -0.2) is 16.1 Å². The first-order chi connectivity index (χ1) is 10.0. The third kappa shape index (κ3) is 3.99. The number of likely N-dealkylation sites (N-methyl/N-ethyl adjacent to an activating group) is 1. The normalized spacial score (nSPS) is 12.9. The van der Waals surface area contributed by atoms with Gasteiger partial charge < -0.3 is 5.32 Å². The zero-order valence-corrected chi connectivity index (χ0v) is 13.9. The largest absolute Gasteiger partial charge is 0.309 e. The SMILES string of the molecule is CCNC(Cc1ccc(F)c(Cl)c1)c1snnc1C(C)C. The van der Waals surface area contributed by atoms with Crippen molar-refractivity contribution in [3.63, 3.8) is 0 Å². The third-order valence-corrected chi connectivity index (χ3v) is 4.42. The summed E-state index contributed by atoms with van der Waals surface area (Å²) in [7, 11) is 0. The third-order valence-electron chi connectivity index (χ3n) is 3.28. The van der Waals surface area contributed by atoms with Crippen molar-refractivity contribution in [2.45, 2.75) is 39.2 Å². The molecule has 0 bridgehead atoms. The lowest BCUT2D eigenvalue weighted by molar-refractivity contribution is 0.548. The summed E-state index contributed by atoms with van der Waals surface area (Å²) in [6.07, 6.45) is 0.734. The number of nitrogens with zero attached hydrogens (tertiary/aromatic N) is 2. The van der Waals surface area contributed by atoms with Gasteiger partial charge in [-0.05, 0) is 48.1 Å². The van der Waals surface area contributed by atoms with E-state index in [4.69, 9.17) is 11.6 Å². The van der Waals surface area contributed by atoms with Gasteiger partial charge in [0.25, 0.3) is 0 Å². The van der Waals surface area contributed by atoms with Crippen molar-refractivity contribution < 1.29 is 4.39 Å². The first-order valence-electron chi connectivity index (χ1n) is 7.02. The van der Waals surface area contributed by atoms with E-state index >= 15 is 0 Å². The summed E-state index contributed by atoms with van der Waals surface area (Å²) >= 11 is 7.29. The Labute approximate surface area is 133 Å². The number of benzene rings is 1. The highest BCUT2D eigenvalue weighted by Gasteiger charge is 2.21. The second-order valence-electron chi connectivity index (χ2n) is 5.24. The highest BCUT2D eigenvalue weighted by molar-refractivity contribution is 7.05. The molecule has 1 heterocycles. The van der Waals surface area contributed by atoms with Crippen LogP contribution in [0.3, 0.4) is 0 Å². The van der Waals surface area contributed by atoms with E-state index in [0.29, 0.717) is 5.92 Å². The molecule has 6 heteroatoms. The van der Waals surface area contributed by atoms with Crippen molar-refractivity contribution in [2.24, 2.45) is 0 Å². The number of aromatic nitrogens is 2. The summed E-state index contributed by atoms with van der Waals surface area (Å²) in [5.74, 6) is -0.0561. The van der Waals surface area contributed by atoms with Crippen LogP contribution in [0.4, 0.5) is 4.39 Å². The van der Waals surface area contributed by atoms with Crippen LogP contribution in [0.25, 0.3) is 0 Å². The number of rotatable bonds is 6. The maximum atomic E-state index is 13.3. The highest BCUT2D eigenvalue weighted by atomic mass is 35.5. The van der Waals surface area contributed by atoms with Crippen molar-refractivity contribution in [2.75, 3.05) is 6.54 Å². The topological polar surface area (TPSA) is 37.8 Å². The van der Waals surface area contributed by atoms with Gasteiger partial charge in [-0.2, -0.15) is 0 Å². The van der Waals surface area contributed by atoms with Crippen LogP contribution in [0.2, 0.25) is 5.02 Å². The van der Waals surface area contributed by atoms with Crippen LogP contribution < -0.4 is 5.32 Å². The molecule has 0 amide bonds. The summed E-state index contributed by atoms with van der Waals surface area (Å²) in [6.45, 7) is 7.12. The van der Waals surface area contributed by atoms with Crippen molar-refractivity contribution >= 4 is 23.1 Å². The van der Waals surface area contributed by atoms with Crippen LogP contribution in [-0.2, 0) is 6.42 Å². The van der Waals surface area contributed by atoms with Gasteiger partial charge in [0, 0.05) is 6.04 Å². The average Bonchev–Trinajstić information content (AvgIpc) is 2.92. The highest BCUT2D eigenvalue weighted by Crippen LogP contribution is 2.29. The van der Waals surface area contributed by atoms with E-state index in [0.717, 1.165) is 29.1 Å². The Hall–Kier alpha value is -1.04. The summed E-state index contributed by atoms with van der Waals surface area (Å²) in [4.78, 5) is 1.15. The van der Waals surface area contributed by atoms with Crippen LogP contribution in [0.15, 0.2) is 18.2 Å². The molecule has 21 heavy (non-hydrogen) atoms. The van der Waals surface area contributed by atoms with Crippen molar-refractivity contribution in [3.05, 3.63) is 45.2 Å². The molecular weight excluding hydrogens is 309 g/mol. The van der Waals surface area contributed by atoms with Crippen LogP contribution >= 0.6 is 23.1 Å². The maximum absolute atomic E-state index is 13.3. The summed E-state index contributed by atoms with van der Waals surface area (Å²) in [5.41, 5.74) is 2.02.